The lowest BCUT2D eigenvalue weighted by Gasteiger charge is -2.17. The third kappa shape index (κ3) is 4.34. The molecular formula is C20H25N7OS. The molecule has 2 aromatic heterocycles. The van der Waals surface area contributed by atoms with Gasteiger partial charge in [-0.1, -0.05) is 37.7 Å². The second kappa shape index (κ2) is 8.52. The Morgan fingerprint density at radius 3 is 2.76 bits per heavy atom. The monoisotopic (exact) mass is 411 g/mol. The minimum Gasteiger partial charge on any atom is -0.383 e. The summed E-state index contributed by atoms with van der Waals surface area (Å²) in [6.45, 7) is 1.45. The zero-order valence-electron chi connectivity index (χ0n) is 15.5. The van der Waals surface area contributed by atoms with E-state index < -0.39 is 0 Å². The standard InChI is InChI=1S/C19H21N7OS.CH4/c1-10(27)24-19-26-13-7-6-11(8-14(13)28-19)16(20)15-17(21)22-9-23-18(15)25-12-4-2-3-5-12;/h6-9,12,20H,2-5H2,1H3,(H,24,26,27)(H3,21,22,23,25);1H4. The molecule has 0 spiro atoms. The number of anilines is 3. The molecule has 152 valence electrons. The van der Waals surface area contributed by atoms with Crippen LogP contribution >= 0.6 is 11.3 Å². The normalized spacial score (nSPS) is 13.8. The SMILES string of the molecule is C.CC(=O)Nc1nc2ccc(C(=N)c3c(N)ncnc3NC3CCCC3)cc2s1. The Balaban J connectivity index is 0.00000240. The molecule has 2 heterocycles. The largest absolute Gasteiger partial charge is 0.383 e. The number of rotatable bonds is 5. The minimum absolute atomic E-state index is 0. The number of aromatic nitrogens is 3. The first-order valence-corrected chi connectivity index (χ1v) is 9.97. The van der Waals surface area contributed by atoms with Gasteiger partial charge in [-0.3, -0.25) is 10.2 Å². The highest BCUT2D eigenvalue weighted by Gasteiger charge is 2.21. The summed E-state index contributed by atoms with van der Waals surface area (Å²) >= 11 is 1.37. The van der Waals surface area contributed by atoms with Crippen LogP contribution in [0.15, 0.2) is 24.5 Å². The maximum Gasteiger partial charge on any atom is 0.223 e. The number of hydrogen-bond acceptors (Lipinski definition) is 8. The van der Waals surface area contributed by atoms with E-state index in [0.29, 0.717) is 28.1 Å². The number of amides is 1. The number of hydrogen-bond donors (Lipinski definition) is 4. The predicted molar refractivity (Wildman–Crippen MR) is 119 cm³/mol. The summed E-state index contributed by atoms with van der Waals surface area (Å²) in [4.78, 5) is 24.1. The van der Waals surface area contributed by atoms with Gasteiger partial charge in [-0.2, -0.15) is 0 Å². The van der Waals surface area contributed by atoms with E-state index in [1.54, 1.807) is 0 Å². The molecule has 1 amide bonds. The van der Waals surface area contributed by atoms with Gasteiger partial charge in [-0.05, 0) is 25.0 Å². The van der Waals surface area contributed by atoms with Crippen LogP contribution in [0.4, 0.5) is 16.8 Å². The minimum atomic E-state index is -0.163. The number of nitrogens with zero attached hydrogens (tertiary/aromatic N) is 3. The molecular weight excluding hydrogens is 386 g/mol. The lowest BCUT2D eigenvalue weighted by atomic mass is 10.0. The first-order valence-electron chi connectivity index (χ1n) is 9.16. The molecule has 0 aliphatic heterocycles. The zero-order valence-corrected chi connectivity index (χ0v) is 16.3. The second-order valence-corrected chi connectivity index (χ2v) is 7.90. The van der Waals surface area contributed by atoms with Crippen molar-refractivity contribution in [3.63, 3.8) is 0 Å². The molecule has 1 aliphatic rings. The van der Waals surface area contributed by atoms with Gasteiger partial charge in [0.25, 0.3) is 0 Å². The van der Waals surface area contributed by atoms with Gasteiger partial charge >= 0.3 is 0 Å². The predicted octanol–water partition coefficient (Wildman–Crippen LogP) is 4.03. The average Bonchev–Trinajstić information content (AvgIpc) is 3.29. The highest BCUT2D eigenvalue weighted by molar-refractivity contribution is 7.22. The van der Waals surface area contributed by atoms with Gasteiger partial charge in [0.1, 0.15) is 18.0 Å². The number of nitrogen functional groups attached to an aromatic ring is 1. The summed E-state index contributed by atoms with van der Waals surface area (Å²) in [5, 5.41) is 15.4. The molecule has 0 atom stereocenters. The summed E-state index contributed by atoms with van der Waals surface area (Å²) in [7, 11) is 0. The number of fused-ring (bicyclic) bond motifs is 1. The van der Waals surface area contributed by atoms with E-state index in [2.05, 4.69) is 25.6 Å². The molecule has 9 heteroatoms. The second-order valence-electron chi connectivity index (χ2n) is 6.87. The molecule has 4 rings (SSSR count). The van der Waals surface area contributed by atoms with Crippen molar-refractivity contribution in [2.24, 2.45) is 0 Å². The van der Waals surface area contributed by atoms with E-state index in [-0.39, 0.29) is 24.9 Å². The van der Waals surface area contributed by atoms with E-state index in [1.165, 1.54) is 37.4 Å². The van der Waals surface area contributed by atoms with Crippen LogP contribution in [0.3, 0.4) is 0 Å². The van der Waals surface area contributed by atoms with Crippen molar-refractivity contribution < 1.29 is 4.79 Å². The Morgan fingerprint density at radius 1 is 1.28 bits per heavy atom. The topological polar surface area (TPSA) is 130 Å². The molecule has 29 heavy (non-hydrogen) atoms. The van der Waals surface area contributed by atoms with Crippen LogP contribution in [0.1, 0.15) is 51.2 Å². The van der Waals surface area contributed by atoms with Crippen LogP contribution < -0.4 is 16.4 Å². The Hall–Kier alpha value is -3.07. The highest BCUT2D eigenvalue weighted by Crippen LogP contribution is 2.30. The summed E-state index contributed by atoms with van der Waals surface area (Å²) < 4.78 is 0.881. The van der Waals surface area contributed by atoms with E-state index in [9.17, 15) is 4.79 Å². The molecule has 1 fully saturated rings. The molecule has 5 N–H and O–H groups in total. The van der Waals surface area contributed by atoms with Crippen LogP contribution in [-0.2, 0) is 4.79 Å². The lowest BCUT2D eigenvalue weighted by Crippen LogP contribution is -2.20. The first-order chi connectivity index (χ1) is 13.5. The summed E-state index contributed by atoms with van der Waals surface area (Å²) in [6.07, 6.45) is 6.01. The summed E-state index contributed by atoms with van der Waals surface area (Å²) in [6, 6.07) is 5.90. The van der Waals surface area contributed by atoms with E-state index in [4.69, 9.17) is 11.1 Å². The van der Waals surface area contributed by atoms with E-state index in [1.807, 2.05) is 18.2 Å². The highest BCUT2D eigenvalue weighted by atomic mass is 32.1. The van der Waals surface area contributed by atoms with Crippen LogP contribution in [0.5, 0.6) is 0 Å². The fourth-order valence-electron chi connectivity index (χ4n) is 3.45. The van der Waals surface area contributed by atoms with Crippen molar-refractivity contribution in [3.05, 3.63) is 35.7 Å². The van der Waals surface area contributed by atoms with Crippen molar-refractivity contribution >= 4 is 49.9 Å². The number of carbonyl (C=O) groups is 1. The van der Waals surface area contributed by atoms with Gasteiger partial charge in [-0.25, -0.2) is 15.0 Å². The molecule has 0 saturated heterocycles. The zero-order chi connectivity index (χ0) is 19.7. The lowest BCUT2D eigenvalue weighted by molar-refractivity contribution is -0.114. The van der Waals surface area contributed by atoms with Crippen molar-refractivity contribution in [3.8, 4) is 0 Å². The molecule has 0 bridgehead atoms. The van der Waals surface area contributed by atoms with Crippen LogP contribution in [0, 0.1) is 5.41 Å². The number of benzene rings is 1. The maximum atomic E-state index is 11.3. The average molecular weight is 412 g/mol. The van der Waals surface area contributed by atoms with Gasteiger partial charge in [-0.15, -0.1) is 0 Å². The van der Waals surface area contributed by atoms with E-state index in [0.717, 1.165) is 23.1 Å². The maximum absolute atomic E-state index is 11.3. The Bertz CT molecular complexity index is 1060. The van der Waals surface area contributed by atoms with Crippen LogP contribution in [-0.4, -0.2) is 32.6 Å². The first kappa shape index (κ1) is 20.7. The number of carbonyl (C=O) groups excluding carboxylic acids is 1. The summed E-state index contributed by atoms with van der Waals surface area (Å²) in [5.41, 5.74) is 8.36. The van der Waals surface area contributed by atoms with Gasteiger partial charge in [0.15, 0.2) is 5.13 Å². The smallest absolute Gasteiger partial charge is 0.223 e. The van der Waals surface area contributed by atoms with Gasteiger partial charge in [0.2, 0.25) is 5.91 Å². The van der Waals surface area contributed by atoms with Crippen molar-refractivity contribution in [2.45, 2.75) is 46.1 Å². The Kier molecular flexibility index (Phi) is 6.07. The molecule has 0 radical (unpaired) electrons. The molecule has 0 unspecified atom stereocenters. The molecule has 8 nitrogen and oxygen atoms in total. The van der Waals surface area contributed by atoms with Crippen molar-refractivity contribution in [1.82, 2.24) is 15.0 Å². The fraction of sp³-hybridized carbons (Fsp3) is 0.350. The number of nitrogens with two attached hydrogens (primary N) is 1. The van der Waals surface area contributed by atoms with Crippen LogP contribution in [0.2, 0.25) is 0 Å². The number of thiazole rings is 1. The summed E-state index contributed by atoms with van der Waals surface area (Å²) in [5.74, 6) is 0.723. The third-order valence-electron chi connectivity index (χ3n) is 4.78. The third-order valence-corrected chi connectivity index (χ3v) is 5.72. The number of nitrogens with one attached hydrogen (secondary N) is 3. The molecule has 1 aliphatic carbocycles. The Morgan fingerprint density at radius 2 is 2.03 bits per heavy atom. The van der Waals surface area contributed by atoms with E-state index >= 15 is 0 Å². The fourth-order valence-corrected chi connectivity index (χ4v) is 4.40. The van der Waals surface area contributed by atoms with Crippen LogP contribution in [0.25, 0.3) is 10.2 Å². The Labute approximate surface area is 173 Å². The van der Waals surface area contributed by atoms with Crippen molar-refractivity contribution in [2.75, 3.05) is 16.4 Å². The van der Waals surface area contributed by atoms with Gasteiger partial charge < -0.3 is 16.4 Å². The van der Waals surface area contributed by atoms with Crippen molar-refractivity contribution in [1.29, 1.82) is 5.41 Å². The van der Waals surface area contributed by atoms with Gasteiger partial charge in [0, 0.05) is 18.5 Å². The van der Waals surface area contributed by atoms with Gasteiger partial charge in [0.05, 0.1) is 21.5 Å². The quantitative estimate of drug-likeness (QED) is 0.469. The molecule has 3 aromatic rings. The molecule has 1 saturated carbocycles. The molecule has 1 aromatic carbocycles.